The number of aromatic carboxylic acids is 1. The van der Waals surface area contributed by atoms with Crippen LogP contribution in [0.2, 0.25) is 5.02 Å². The molecule has 0 unspecified atom stereocenters. The van der Waals surface area contributed by atoms with Crippen LogP contribution in [-0.4, -0.2) is 51.9 Å². The van der Waals surface area contributed by atoms with E-state index in [2.05, 4.69) is 5.43 Å². The number of aromatic hydroxyl groups is 1. The van der Waals surface area contributed by atoms with Gasteiger partial charge in [-0.25, -0.2) is 9.18 Å². The van der Waals surface area contributed by atoms with Crippen LogP contribution in [-0.2, 0) is 24.6 Å². The summed E-state index contributed by atoms with van der Waals surface area (Å²) < 4.78 is 19.4. The summed E-state index contributed by atoms with van der Waals surface area (Å²) >= 11 is 6.34. The fraction of sp³-hybridized carbons (Fsp3) is 0.225. The van der Waals surface area contributed by atoms with Gasteiger partial charge >= 0.3 is 5.97 Å². The number of halogens is 2. The fourth-order valence-corrected chi connectivity index (χ4v) is 9.05. The highest BCUT2D eigenvalue weighted by Gasteiger charge is 2.70. The van der Waals surface area contributed by atoms with Crippen molar-refractivity contribution in [3.8, 4) is 11.5 Å². The van der Waals surface area contributed by atoms with E-state index in [9.17, 15) is 33.8 Å². The number of nitrogens with one attached hydrogen (secondary N) is 1. The molecule has 4 aromatic rings. The third-order valence-electron chi connectivity index (χ3n) is 11.2. The Morgan fingerprint density at radius 2 is 1.66 bits per heavy atom. The van der Waals surface area contributed by atoms with Crippen molar-refractivity contribution in [3.05, 3.63) is 130 Å². The number of carboxylic acid groups (broad SMARTS) is 1. The number of carbonyl (C=O) groups excluding carboxylic acids is 4. The van der Waals surface area contributed by atoms with E-state index in [-0.39, 0.29) is 41.1 Å². The molecule has 0 aromatic heterocycles. The predicted molar refractivity (Wildman–Crippen MR) is 190 cm³/mol. The molecule has 2 heterocycles. The smallest absolute Gasteiger partial charge is 0.335 e. The van der Waals surface area contributed by atoms with Gasteiger partial charge in [0.05, 0.1) is 47.2 Å². The molecule has 268 valence electrons. The molecular formula is C40H31ClFN3O8. The SMILES string of the molecule is COc1ccc(O)c([C@H]2C3=CC[C@@H]4C(=O)N(c5cccc(C(=O)O)c5)C(=O)[C@@H]4[C@@H]3C[C@H]3C(=O)N(Nc4ccc(F)cc4)C(=O)[C@@]23c2ccc(Cl)cc2)c1. The van der Waals surface area contributed by atoms with Crippen molar-refractivity contribution in [1.29, 1.82) is 0 Å². The lowest BCUT2D eigenvalue weighted by Gasteiger charge is -2.50. The first-order valence-corrected chi connectivity index (χ1v) is 17.3. The normalized spacial score (nSPS) is 26.2. The molecule has 2 saturated heterocycles. The molecule has 3 fully saturated rings. The minimum absolute atomic E-state index is 0.0228. The van der Waals surface area contributed by atoms with Gasteiger partial charge in [0.2, 0.25) is 11.8 Å². The summed E-state index contributed by atoms with van der Waals surface area (Å²) in [6.45, 7) is 0. The Labute approximate surface area is 307 Å². The van der Waals surface area contributed by atoms with Crippen molar-refractivity contribution in [2.45, 2.75) is 24.2 Å². The molecule has 4 aliphatic rings. The molecule has 0 radical (unpaired) electrons. The van der Waals surface area contributed by atoms with Gasteiger partial charge in [-0.1, -0.05) is 41.4 Å². The molecule has 2 aliphatic heterocycles. The molecule has 4 amide bonds. The molecule has 1 saturated carbocycles. The van der Waals surface area contributed by atoms with E-state index < -0.39 is 70.4 Å². The number of allylic oxidation sites excluding steroid dienone is 2. The number of hydrogen-bond acceptors (Lipinski definition) is 8. The maximum atomic E-state index is 15.2. The van der Waals surface area contributed by atoms with Gasteiger partial charge in [0.25, 0.3) is 11.8 Å². The van der Waals surface area contributed by atoms with Crippen LogP contribution < -0.4 is 15.1 Å². The van der Waals surface area contributed by atoms with Crippen LogP contribution in [0.25, 0.3) is 0 Å². The summed E-state index contributed by atoms with van der Waals surface area (Å²) in [5, 5.41) is 22.5. The lowest BCUT2D eigenvalue weighted by Crippen LogP contribution is -2.53. The van der Waals surface area contributed by atoms with E-state index in [1.165, 1.54) is 61.7 Å². The Kier molecular flexibility index (Phi) is 8.10. The number of carbonyl (C=O) groups is 5. The second-order valence-electron chi connectivity index (χ2n) is 13.7. The number of anilines is 2. The van der Waals surface area contributed by atoms with Crippen LogP contribution in [0.5, 0.6) is 11.5 Å². The lowest BCUT2D eigenvalue weighted by atomic mass is 9.49. The number of fused-ring (bicyclic) bond motifs is 4. The van der Waals surface area contributed by atoms with Gasteiger partial charge in [0, 0.05) is 16.5 Å². The zero-order chi connectivity index (χ0) is 37.3. The number of imide groups is 2. The zero-order valence-electron chi connectivity index (χ0n) is 28.0. The topological polar surface area (TPSA) is 154 Å². The minimum Gasteiger partial charge on any atom is -0.508 e. The fourth-order valence-electron chi connectivity index (χ4n) is 8.92. The average molecular weight is 736 g/mol. The number of phenolic OH excluding ortho intramolecular Hbond substituents is 1. The van der Waals surface area contributed by atoms with Crippen molar-refractivity contribution in [2.75, 3.05) is 17.4 Å². The molecule has 13 heteroatoms. The van der Waals surface area contributed by atoms with Gasteiger partial charge in [0.15, 0.2) is 0 Å². The number of methoxy groups -OCH3 is 1. The number of phenols is 1. The van der Waals surface area contributed by atoms with Crippen molar-refractivity contribution in [3.63, 3.8) is 0 Å². The van der Waals surface area contributed by atoms with Gasteiger partial charge in [-0.3, -0.25) is 29.5 Å². The quantitative estimate of drug-likeness (QED) is 0.151. The van der Waals surface area contributed by atoms with E-state index in [1.807, 2.05) is 6.08 Å². The molecular weight excluding hydrogens is 705 g/mol. The second-order valence-corrected chi connectivity index (χ2v) is 14.1. The monoisotopic (exact) mass is 735 g/mol. The third kappa shape index (κ3) is 5.11. The average Bonchev–Trinajstić information content (AvgIpc) is 3.53. The van der Waals surface area contributed by atoms with Crippen molar-refractivity contribution in [2.24, 2.45) is 23.7 Å². The number of amides is 4. The molecule has 53 heavy (non-hydrogen) atoms. The number of nitrogens with zero attached hydrogens (tertiary/aromatic N) is 2. The third-order valence-corrected chi connectivity index (χ3v) is 11.4. The molecule has 8 rings (SSSR count). The van der Waals surface area contributed by atoms with E-state index in [0.717, 1.165) is 9.91 Å². The number of hydrazine groups is 1. The van der Waals surface area contributed by atoms with Gasteiger partial charge in [-0.05, 0) is 97.1 Å². The summed E-state index contributed by atoms with van der Waals surface area (Å²) in [5.41, 5.74) is 2.77. The minimum atomic E-state index is -1.70. The summed E-state index contributed by atoms with van der Waals surface area (Å²) in [5.74, 6) is -8.58. The van der Waals surface area contributed by atoms with Crippen molar-refractivity contribution >= 4 is 52.6 Å². The Bertz CT molecular complexity index is 2260. The lowest BCUT2D eigenvalue weighted by molar-refractivity contribution is -0.138. The second kappa shape index (κ2) is 12.6. The van der Waals surface area contributed by atoms with E-state index in [0.29, 0.717) is 21.9 Å². The maximum absolute atomic E-state index is 15.2. The molecule has 4 aromatic carbocycles. The van der Waals surface area contributed by atoms with Crippen LogP contribution in [0.3, 0.4) is 0 Å². The summed E-state index contributed by atoms with van der Waals surface area (Å²) in [7, 11) is 1.46. The van der Waals surface area contributed by atoms with Gasteiger partial charge in [0.1, 0.15) is 17.3 Å². The molecule has 6 atom stereocenters. The highest BCUT2D eigenvalue weighted by molar-refractivity contribution is 6.30. The van der Waals surface area contributed by atoms with E-state index in [4.69, 9.17) is 16.3 Å². The van der Waals surface area contributed by atoms with Crippen LogP contribution >= 0.6 is 11.6 Å². The molecule has 0 spiro atoms. The highest BCUT2D eigenvalue weighted by atomic mass is 35.5. The first-order valence-electron chi connectivity index (χ1n) is 16.9. The van der Waals surface area contributed by atoms with Crippen LogP contribution in [0.1, 0.15) is 40.2 Å². The van der Waals surface area contributed by atoms with E-state index >= 15 is 4.79 Å². The Balaban J connectivity index is 1.33. The number of benzene rings is 4. The maximum Gasteiger partial charge on any atom is 0.335 e. The van der Waals surface area contributed by atoms with Crippen LogP contribution in [0, 0.1) is 29.5 Å². The first-order chi connectivity index (χ1) is 25.4. The Morgan fingerprint density at radius 1 is 0.925 bits per heavy atom. The summed E-state index contributed by atoms with van der Waals surface area (Å²) in [4.78, 5) is 71.3. The van der Waals surface area contributed by atoms with E-state index in [1.54, 1.807) is 36.4 Å². The predicted octanol–water partition coefficient (Wildman–Crippen LogP) is 6.08. The number of rotatable bonds is 7. The summed E-state index contributed by atoms with van der Waals surface area (Å²) in [6.07, 6.45) is 1.92. The Morgan fingerprint density at radius 3 is 2.36 bits per heavy atom. The number of carboxylic acids is 1. The van der Waals surface area contributed by atoms with Gasteiger partial charge < -0.3 is 14.9 Å². The zero-order valence-corrected chi connectivity index (χ0v) is 28.8. The molecule has 0 bridgehead atoms. The summed E-state index contributed by atoms with van der Waals surface area (Å²) in [6, 6.07) is 21.9. The molecule has 2 aliphatic carbocycles. The van der Waals surface area contributed by atoms with Crippen LogP contribution in [0.4, 0.5) is 15.8 Å². The van der Waals surface area contributed by atoms with Crippen molar-refractivity contribution in [1.82, 2.24) is 5.01 Å². The first kappa shape index (κ1) is 34.1. The largest absolute Gasteiger partial charge is 0.508 e. The Hall–Kier alpha value is -6.01. The number of hydrogen-bond donors (Lipinski definition) is 3. The standard InChI is InChI=1S/C40H31ClFN3O8/c1-53-26-13-16-32(46)30(18-26)34-27-14-15-28-33(37(49)44(35(28)47)25-4-2-3-20(17-25)38(50)51)29(27)19-31-36(48)45(43-24-11-9-23(42)10-12-24)39(52)40(31,34)21-5-7-22(41)8-6-21/h2-14,16-18,28-29,31,33-34,43,46H,15,19H2,1H3,(H,50,51)/t28-,29+,31-,33-,34+,40+/m0/s1. The highest BCUT2D eigenvalue weighted by Crippen LogP contribution is 2.65. The molecule has 11 nitrogen and oxygen atoms in total. The van der Waals surface area contributed by atoms with Crippen molar-refractivity contribution < 1.29 is 43.3 Å². The van der Waals surface area contributed by atoms with Gasteiger partial charge in [-0.15, -0.1) is 0 Å². The number of ether oxygens (including phenoxy) is 1. The molecule has 3 N–H and O–H groups in total. The van der Waals surface area contributed by atoms with Gasteiger partial charge in [-0.2, -0.15) is 5.01 Å². The van der Waals surface area contributed by atoms with Crippen LogP contribution in [0.15, 0.2) is 103 Å².